The number of terminal acetylenes is 1. The lowest BCUT2D eigenvalue weighted by Gasteiger charge is -2.25. The first-order valence-electron chi connectivity index (χ1n) is 7.50. The molecule has 1 saturated carbocycles. The Kier molecular flexibility index (Phi) is 8.62. The van der Waals surface area contributed by atoms with Crippen LogP contribution < -0.4 is 20.5 Å². The Bertz CT molecular complexity index is 565. The third-order valence-corrected chi connectivity index (χ3v) is 3.77. The molecule has 0 heterocycles. The SMILES string of the molecule is C#CCOc1cc(CN=C(N)NCC2CCC2)ccc1OC.I. The molecule has 1 aliphatic carbocycles. The molecule has 0 radical (unpaired) electrons. The molecule has 1 aromatic carbocycles. The monoisotopic (exact) mass is 429 g/mol. The predicted octanol–water partition coefficient (Wildman–Crippen LogP) is 2.53. The molecule has 6 heteroatoms. The van der Waals surface area contributed by atoms with Gasteiger partial charge < -0.3 is 20.5 Å². The highest BCUT2D eigenvalue weighted by atomic mass is 127. The van der Waals surface area contributed by atoms with Crippen molar-refractivity contribution in [3.63, 3.8) is 0 Å². The van der Waals surface area contributed by atoms with E-state index in [-0.39, 0.29) is 30.6 Å². The third-order valence-electron chi connectivity index (χ3n) is 3.77. The van der Waals surface area contributed by atoms with Gasteiger partial charge in [0.1, 0.15) is 6.61 Å². The van der Waals surface area contributed by atoms with Crippen molar-refractivity contribution in [2.75, 3.05) is 20.3 Å². The number of hydrogen-bond acceptors (Lipinski definition) is 3. The lowest BCUT2D eigenvalue weighted by molar-refractivity contribution is 0.315. The summed E-state index contributed by atoms with van der Waals surface area (Å²) in [6.07, 6.45) is 9.12. The first kappa shape index (κ1) is 19.4. The zero-order chi connectivity index (χ0) is 15.8. The highest BCUT2D eigenvalue weighted by Crippen LogP contribution is 2.28. The van der Waals surface area contributed by atoms with Crippen LogP contribution in [-0.4, -0.2) is 26.2 Å². The number of guanidine groups is 1. The van der Waals surface area contributed by atoms with Gasteiger partial charge in [-0.15, -0.1) is 30.4 Å². The number of ether oxygens (including phenoxy) is 2. The molecule has 3 N–H and O–H groups in total. The summed E-state index contributed by atoms with van der Waals surface area (Å²) in [5, 5.41) is 3.17. The van der Waals surface area contributed by atoms with E-state index < -0.39 is 0 Å². The molecule has 0 amide bonds. The minimum absolute atomic E-state index is 0. The van der Waals surface area contributed by atoms with Crippen LogP contribution in [0.2, 0.25) is 0 Å². The molecular formula is C17H24IN3O2. The minimum atomic E-state index is 0. The van der Waals surface area contributed by atoms with Crippen molar-refractivity contribution < 1.29 is 9.47 Å². The van der Waals surface area contributed by atoms with Crippen LogP contribution in [0.1, 0.15) is 24.8 Å². The summed E-state index contributed by atoms with van der Waals surface area (Å²) in [5.41, 5.74) is 6.87. The quantitative estimate of drug-likeness (QED) is 0.303. The van der Waals surface area contributed by atoms with Gasteiger partial charge in [-0.2, -0.15) is 0 Å². The molecular weight excluding hydrogens is 405 g/mol. The molecule has 0 aromatic heterocycles. The molecule has 1 aliphatic rings. The van der Waals surface area contributed by atoms with Crippen molar-refractivity contribution in [3.8, 4) is 23.8 Å². The van der Waals surface area contributed by atoms with Crippen LogP contribution >= 0.6 is 24.0 Å². The van der Waals surface area contributed by atoms with Crippen molar-refractivity contribution in [1.29, 1.82) is 0 Å². The first-order chi connectivity index (χ1) is 10.7. The van der Waals surface area contributed by atoms with Gasteiger partial charge in [-0.05, 0) is 36.5 Å². The molecule has 0 saturated heterocycles. The zero-order valence-corrected chi connectivity index (χ0v) is 15.7. The number of nitrogens with zero attached hydrogens (tertiary/aromatic N) is 1. The van der Waals surface area contributed by atoms with Gasteiger partial charge in [-0.1, -0.05) is 18.4 Å². The second-order valence-corrected chi connectivity index (χ2v) is 5.36. The molecule has 1 aromatic rings. The van der Waals surface area contributed by atoms with Crippen molar-refractivity contribution in [1.82, 2.24) is 5.32 Å². The third kappa shape index (κ3) is 6.18. The number of hydrogen-bond donors (Lipinski definition) is 2. The van der Waals surface area contributed by atoms with Crippen molar-refractivity contribution in [2.45, 2.75) is 25.8 Å². The molecule has 0 spiro atoms. The average Bonchev–Trinajstić information content (AvgIpc) is 2.49. The molecule has 0 unspecified atom stereocenters. The van der Waals surface area contributed by atoms with Crippen LogP contribution in [0.4, 0.5) is 0 Å². The number of benzene rings is 1. The summed E-state index contributed by atoms with van der Waals surface area (Å²) >= 11 is 0. The molecule has 5 nitrogen and oxygen atoms in total. The Morgan fingerprint density at radius 2 is 2.22 bits per heavy atom. The Balaban J connectivity index is 0.00000264. The zero-order valence-electron chi connectivity index (χ0n) is 13.4. The van der Waals surface area contributed by atoms with E-state index >= 15 is 0 Å². The maximum absolute atomic E-state index is 5.88. The van der Waals surface area contributed by atoms with E-state index in [0.717, 1.165) is 18.0 Å². The average molecular weight is 429 g/mol. The Labute approximate surface area is 155 Å². The van der Waals surface area contributed by atoms with Gasteiger partial charge in [0.2, 0.25) is 0 Å². The number of halogens is 1. The van der Waals surface area contributed by atoms with E-state index in [2.05, 4.69) is 16.2 Å². The lowest BCUT2D eigenvalue weighted by Crippen LogP contribution is -2.37. The lowest BCUT2D eigenvalue weighted by atomic mass is 9.85. The van der Waals surface area contributed by atoms with Crippen LogP contribution in [0.25, 0.3) is 0 Å². The molecule has 126 valence electrons. The maximum Gasteiger partial charge on any atom is 0.188 e. The number of rotatable bonds is 7. The van der Waals surface area contributed by atoms with E-state index in [1.54, 1.807) is 7.11 Å². The summed E-state index contributed by atoms with van der Waals surface area (Å²) < 4.78 is 10.7. The van der Waals surface area contributed by atoms with Gasteiger partial charge in [-0.25, -0.2) is 4.99 Å². The number of nitrogens with one attached hydrogen (secondary N) is 1. The van der Waals surface area contributed by atoms with Crippen LogP contribution in [0.15, 0.2) is 23.2 Å². The molecule has 2 rings (SSSR count). The van der Waals surface area contributed by atoms with Crippen molar-refractivity contribution >= 4 is 29.9 Å². The fourth-order valence-corrected chi connectivity index (χ4v) is 2.23. The van der Waals surface area contributed by atoms with Gasteiger partial charge in [0.05, 0.1) is 13.7 Å². The smallest absolute Gasteiger partial charge is 0.188 e. The van der Waals surface area contributed by atoms with Crippen molar-refractivity contribution in [3.05, 3.63) is 23.8 Å². The normalized spacial score (nSPS) is 14.2. The van der Waals surface area contributed by atoms with E-state index in [1.165, 1.54) is 19.3 Å². The number of aliphatic imine (C=N–C) groups is 1. The Morgan fingerprint density at radius 3 is 2.83 bits per heavy atom. The van der Waals surface area contributed by atoms with E-state index in [1.807, 2.05) is 18.2 Å². The number of nitrogens with two attached hydrogens (primary N) is 1. The van der Waals surface area contributed by atoms with Crippen molar-refractivity contribution in [2.24, 2.45) is 16.6 Å². The summed E-state index contributed by atoms with van der Waals surface area (Å²) in [7, 11) is 1.60. The Morgan fingerprint density at radius 1 is 1.43 bits per heavy atom. The first-order valence-corrected chi connectivity index (χ1v) is 7.50. The highest BCUT2D eigenvalue weighted by molar-refractivity contribution is 14.0. The van der Waals surface area contributed by atoms with E-state index in [9.17, 15) is 0 Å². The van der Waals surface area contributed by atoms with Gasteiger partial charge >= 0.3 is 0 Å². The van der Waals surface area contributed by atoms with Crippen LogP contribution in [-0.2, 0) is 6.54 Å². The molecule has 0 atom stereocenters. The van der Waals surface area contributed by atoms with E-state index in [0.29, 0.717) is 24.0 Å². The molecule has 23 heavy (non-hydrogen) atoms. The second kappa shape index (κ2) is 10.2. The fourth-order valence-electron chi connectivity index (χ4n) is 2.23. The summed E-state index contributed by atoms with van der Waals surface area (Å²) in [5.74, 6) is 4.94. The minimum Gasteiger partial charge on any atom is -0.493 e. The van der Waals surface area contributed by atoms with Gasteiger partial charge in [0, 0.05) is 6.54 Å². The summed E-state index contributed by atoms with van der Waals surface area (Å²) in [6.45, 7) is 1.60. The topological polar surface area (TPSA) is 68.9 Å². The fraction of sp³-hybridized carbons (Fsp3) is 0.471. The predicted molar refractivity (Wildman–Crippen MR) is 103 cm³/mol. The van der Waals surface area contributed by atoms with Gasteiger partial charge in [-0.3, -0.25) is 0 Å². The summed E-state index contributed by atoms with van der Waals surface area (Å²) in [6, 6.07) is 5.65. The maximum atomic E-state index is 5.88. The van der Waals surface area contributed by atoms with E-state index in [4.69, 9.17) is 21.6 Å². The molecule has 0 aliphatic heterocycles. The largest absolute Gasteiger partial charge is 0.493 e. The van der Waals surface area contributed by atoms with Gasteiger partial charge in [0.25, 0.3) is 0 Å². The Hall–Kier alpha value is -1.62. The molecule has 0 bridgehead atoms. The highest BCUT2D eigenvalue weighted by Gasteiger charge is 2.16. The molecule has 1 fully saturated rings. The standard InChI is InChI=1S/C17H23N3O2.HI/c1-3-9-22-16-10-14(7-8-15(16)21-2)12-20-17(18)19-11-13-5-4-6-13;/h1,7-8,10,13H,4-6,9,11-12H2,2H3,(H3,18,19,20);1H. The number of methoxy groups -OCH3 is 1. The van der Waals surface area contributed by atoms with Gasteiger partial charge in [0.15, 0.2) is 17.5 Å². The summed E-state index contributed by atoms with van der Waals surface area (Å²) in [4.78, 5) is 4.35. The van der Waals surface area contributed by atoms with Crippen LogP contribution in [0.3, 0.4) is 0 Å². The van der Waals surface area contributed by atoms with Crippen LogP contribution in [0.5, 0.6) is 11.5 Å². The van der Waals surface area contributed by atoms with Crippen LogP contribution in [0, 0.1) is 18.3 Å². The second-order valence-electron chi connectivity index (χ2n) is 5.36.